The summed E-state index contributed by atoms with van der Waals surface area (Å²) in [5.41, 5.74) is 1.12. The monoisotopic (exact) mass is 516 g/mol. The largest absolute Gasteiger partial charge is 0.486 e. The van der Waals surface area contributed by atoms with Gasteiger partial charge in [-0.25, -0.2) is 4.98 Å². The quantitative estimate of drug-likeness (QED) is 0.350. The number of fused-ring (bicyclic) bond motifs is 1. The average molecular weight is 516 g/mol. The van der Waals surface area contributed by atoms with Crippen molar-refractivity contribution in [1.29, 1.82) is 0 Å². The lowest BCUT2D eigenvalue weighted by atomic mass is 9.84. The van der Waals surface area contributed by atoms with Crippen LogP contribution in [0.1, 0.15) is 29.3 Å². The molecule has 1 aliphatic heterocycles. The van der Waals surface area contributed by atoms with Gasteiger partial charge in [0.2, 0.25) is 0 Å². The van der Waals surface area contributed by atoms with E-state index < -0.39 is 0 Å². The molecule has 0 radical (unpaired) electrons. The van der Waals surface area contributed by atoms with Gasteiger partial charge in [0, 0.05) is 43.0 Å². The number of aryl methyl sites for hydroxylation is 1. The minimum absolute atomic E-state index is 0. The molecule has 0 saturated heterocycles. The molecule has 1 aliphatic rings. The third-order valence-corrected chi connectivity index (χ3v) is 5.52. The van der Waals surface area contributed by atoms with Gasteiger partial charge in [0.05, 0.1) is 5.01 Å². The molecule has 2 heterocycles. The Morgan fingerprint density at radius 1 is 1.21 bits per heavy atom. The molecule has 8 heteroatoms. The van der Waals surface area contributed by atoms with Crippen LogP contribution in [-0.4, -0.2) is 44.3 Å². The van der Waals surface area contributed by atoms with Crippen molar-refractivity contribution >= 4 is 41.3 Å². The van der Waals surface area contributed by atoms with Crippen LogP contribution in [0.25, 0.3) is 0 Å². The summed E-state index contributed by atoms with van der Waals surface area (Å²) in [5.74, 6) is 2.45. The van der Waals surface area contributed by atoms with Crippen LogP contribution in [0.4, 0.5) is 0 Å². The second kappa shape index (κ2) is 10.3. The van der Waals surface area contributed by atoms with Crippen molar-refractivity contribution < 1.29 is 9.47 Å². The van der Waals surface area contributed by atoms with Gasteiger partial charge >= 0.3 is 0 Å². The standard InChI is InChI=1S/C20H28N4O2S.HI/c1-14-12-23-18(27-14)7-8-22-19(21-4)24-13-20(2,3)15-5-6-16-17(11-15)26-10-9-25-16;/h5-6,11-12H,7-10,13H2,1-4H3,(H2,21,22,24);1H. The van der Waals surface area contributed by atoms with Crippen molar-refractivity contribution in [2.24, 2.45) is 4.99 Å². The Kier molecular flexibility index (Phi) is 8.36. The van der Waals surface area contributed by atoms with E-state index in [-0.39, 0.29) is 29.4 Å². The highest BCUT2D eigenvalue weighted by atomic mass is 127. The van der Waals surface area contributed by atoms with Crippen LogP contribution in [0.3, 0.4) is 0 Å². The third-order valence-electron chi connectivity index (χ3n) is 4.55. The summed E-state index contributed by atoms with van der Waals surface area (Å²) in [6.07, 6.45) is 2.81. The lowest BCUT2D eigenvalue weighted by molar-refractivity contribution is 0.171. The Hall–Kier alpha value is -1.55. The molecule has 1 aromatic carbocycles. The van der Waals surface area contributed by atoms with Crippen LogP contribution >= 0.6 is 35.3 Å². The summed E-state index contributed by atoms with van der Waals surface area (Å²) < 4.78 is 11.3. The van der Waals surface area contributed by atoms with Crippen molar-refractivity contribution in [3.63, 3.8) is 0 Å². The zero-order chi connectivity index (χ0) is 19.3. The summed E-state index contributed by atoms with van der Waals surface area (Å²) >= 11 is 1.74. The van der Waals surface area contributed by atoms with Gasteiger partial charge in [-0.15, -0.1) is 35.3 Å². The molecular weight excluding hydrogens is 487 g/mol. The van der Waals surface area contributed by atoms with E-state index in [0.717, 1.165) is 42.0 Å². The lowest BCUT2D eigenvalue weighted by Gasteiger charge is -2.28. The number of aliphatic imine (C=N–C) groups is 1. The van der Waals surface area contributed by atoms with Gasteiger partial charge in [0.1, 0.15) is 13.2 Å². The second-order valence-electron chi connectivity index (χ2n) is 7.21. The first-order valence-electron chi connectivity index (χ1n) is 9.24. The molecule has 1 aromatic heterocycles. The van der Waals surface area contributed by atoms with Crippen molar-refractivity contribution in [2.45, 2.75) is 32.6 Å². The molecule has 3 rings (SSSR count). The van der Waals surface area contributed by atoms with Crippen molar-refractivity contribution in [1.82, 2.24) is 15.6 Å². The highest BCUT2D eigenvalue weighted by Crippen LogP contribution is 2.34. The maximum atomic E-state index is 5.72. The normalized spacial score (nSPS) is 13.6. The molecule has 28 heavy (non-hydrogen) atoms. The third kappa shape index (κ3) is 5.97. The van der Waals surface area contributed by atoms with Gasteiger partial charge in [-0.1, -0.05) is 19.9 Å². The molecule has 0 spiro atoms. The van der Waals surface area contributed by atoms with Crippen molar-refractivity contribution in [2.75, 3.05) is 33.4 Å². The molecule has 154 valence electrons. The number of rotatable bonds is 6. The number of halogens is 1. The fraction of sp³-hybridized carbons (Fsp3) is 0.500. The summed E-state index contributed by atoms with van der Waals surface area (Å²) in [6.45, 7) is 9.26. The predicted octanol–water partition coefficient (Wildman–Crippen LogP) is 3.53. The van der Waals surface area contributed by atoms with Crippen LogP contribution in [0, 0.1) is 6.92 Å². The summed E-state index contributed by atoms with van der Waals surface area (Å²) in [4.78, 5) is 9.96. The molecule has 0 aliphatic carbocycles. The Balaban J connectivity index is 0.00000280. The van der Waals surface area contributed by atoms with E-state index in [2.05, 4.69) is 53.5 Å². The van der Waals surface area contributed by atoms with Crippen LogP contribution in [-0.2, 0) is 11.8 Å². The van der Waals surface area contributed by atoms with Gasteiger partial charge in [-0.05, 0) is 24.6 Å². The molecule has 0 bridgehead atoms. The van der Waals surface area contributed by atoms with Crippen molar-refractivity contribution in [3.8, 4) is 11.5 Å². The first kappa shape index (κ1) is 22.7. The molecular formula is C20H29IN4O2S. The zero-order valence-electron chi connectivity index (χ0n) is 16.9. The molecule has 0 amide bonds. The first-order valence-corrected chi connectivity index (χ1v) is 10.1. The molecule has 2 N–H and O–H groups in total. The lowest BCUT2D eigenvalue weighted by Crippen LogP contribution is -2.44. The Morgan fingerprint density at radius 2 is 1.96 bits per heavy atom. The summed E-state index contributed by atoms with van der Waals surface area (Å²) in [7, 11) is 1.79. The highest BCUT2D eigenvalue weighted by molar-refractivity contribution is 14.0. The molecule has 0 saturated carbocycles. The minimum Gasteiger partial charge on any atom is -0.486 e. The van der Waals surface area contributed by atoms with Crippen LogP contribution in [0.5, 0.6) is 11.5 Å². The maximum absolute atomic E-state index is 5.72. The van der Waals surface area contributed by atoms with Gasteiger partial charge in [0.15, 0.2) is 17.5 Å². The number of ether oxygens (including phenoxy) is 2. The topological polar surface area (TPSA) is 67.8 Å². The number of hydrogen-bond donors (Lipinski definition) is 2. The van der Waals surface area contributed by atoms with Gasteiger partial charge in [-0.3, -0.25) is 4.99 Å². The molecule has 6 nitrogen and oxygen atoms in total. The fourth-order valence-corrected chi connectivity index (χ4v) is 3.68. The SMILES string of the molecule is CN=C(NCCc1ncc(C)s1)NCC(C)(C)c1ccc2c(c1)OCCO2.I. The number of aromatic nitrogens is 1. The average Bonchev–Trinajstić information content (AvgIpc) is 3.09. The molecule has 0 fully saturated rings. The smallest absolute Gasteiger partial charge is 0.191 e. The maximum Gasteiger partial charge on any atom is 0.191 e. The van der Waals surface area contributed by atoms with E-state index in [4.69, 9.17) is 9.47 Å². The van der Waals surface area contributed by atoms with Gasteiger partial charge in [0.25, 0.3) is 0 Å². The van der Waals surface area contributed by atoms with E-state index >= 15 is 0 Å². The Bertz CT molecular complexity index is 807. The van der Waals surface area contributed by atoms with Gasteiger partial charge in [-0.2, -0.15) is 0 Å². The number of nitrogens with one attached hydrogen (secondary N) is 2. The van der Waals surface area contributed by atoms with Gasteiger partial charge < -0.3 is 20.1 Å². The fourth-order valence-electron chi connectivity index (χ4n) is 2.90. The van der Waals surface area contributed by atoms with Crippen LogP contribution in [0.2, 0.25) is 0 Å². The molecule has 2 aromatic rings. The number of guanidine groups is 1. The van der Waals surface area contributed by atoms with Crippen LogP contribution in [0.15, 0.2) is 29.4 Å². The van der Waals surface area contributed by atoms with E-state index in [1.807, 2.05) is 12.3 Å². The van der Waals surface area contributed by atoms with E-state index in [0.29, 0.717) is 13.2 Å². The predicted molar refractivity (Wildman–Crippen MR) is 126 cm³/mol. The first-order chi connectivity index (χ1) is 13.0. The second-order valence-corrected chi connectivity index (χ2v) is 8.53. The summed E-state index contributed by atoms with van der Waals surface area (Å²) in [6, 6.07) is 6.18. The highest BCUT2D eigenvalue weighted by Gasteiger charge is 2.23. The Morgan fingerprint density at radius 3 is 2.64 bits per heavy atom. The number of nitrogens with zero attached hydrogens (tertiary/aromatic N) is 2. The number of thiazole rings is 1. The van der Waals surface area contributed by atoms with Crippen molar-refractivity contribution in [3.05, 3.63) is 39.8 Å². The van der Waals surface area contributed by atoms with E-state index in [1.54, 1.807) is 18.4 Å². The summed E-state index contributed by atoms with van der Waals surface area (Å²) in [5, 5.41) is 7.94. The van der Waals surface area contributed by atoms with E-state index in [9.17, 15) is 0 Å². The molecule has 0 atom stereocenters. The Labute approximate surface area is 188 Å². The van der Waals surface area contributed by atoms with E-state index in [1.165, 1.54) is 10.4 Å². The number of hydrogen-bond acceptors (Lipinski definition) is 5. The minimum atomic E-state index is -0.0835. The van der Waals surface area contributed by atoms with Crippen LogP contribution < -0.4 is 20.1 Å². The number of benzene rings is 1. The molecule has 0 unspecified atom stereocenters. The zero-order valence-corrected chi connectivity index (χ0v) is 20.0.